The molecule has 2 aromatic rings. The highest BCUT2D eigenvalue weighted by atomic mass is 16.5. The van der Waals surface area contributed by atoms with Crippen molar-refractivity contribution in [3.63, 3.8) is 0 Å². The number of carbonyl (C=O) groups is 1. The summed E-state index contributed by atoms with van der Waals surface area (Å²) in [5.74, 6) is 1.39. The van der Waals surface area contributed by atoms with Crippen LogP contribution in [0.1, 0.15) is 63.0 Å². The maximum Gasteiger partial charge on any atom is 0.223 e. The summed E-state index contributed by atoms with van der Waals surface area (Å²) >= 11 is 0. The fourth-order valence-electron chi connectivity index (χ4n) is 4.18. The Morgan fingerprint density at radius 1 is 1.10 bits per heavy atom. The van der Waals surface area contributed by atoms with Gasteiger partial charge in [-0.2, -0.15) is 0 Å². The molecule has 2 N–H and O–H groups in total. The van der Waals surface area contributed by atoms with E-state index in [1.165, 1.54) is 0 Å². The smallest absolute Gasteiger partial charge is 0.223 e. The van der Waals surface area contributed by atoms with E-state index in [4.69, 9.17) is 9.47 Å². The fraction of sp³-hybridized carbons (Fsp3) is 0.500. The molecule has 1 saturated carbocycles. The van der Waals surface area contributed by atoms with Crippen molar-refractivity contribution in [1.82, 2.24) is 5.32 Å². The second-order valence-corrected chi connectivity index (χ2v) is 8.58. The van der Waals surface area contributed by atoms with Crippen LogP contribution in [0.25, 0.3) is 0 Å². The second kappa shape index (κ2) is 11.2. The third kappa shape index (κ3) is 6.73. The zero-order chi connectivity index (χ0) is 22.1. The molecule has 0 aromatic heterocycles. The van der Waals surface area contributed by atoms with E-state index in [1.807, 2.05) is 48.5 Å². The van der Waals surface area contributed by atoms with Crippen LogP contribution in [0.2, 0.25) is 0 Å². The SMILES string of the molecule is CCCCC1(O)CCC(C(=O)NCc2ccc(OCc3ccccc3)c(OC)c2)CC1. The largest absolute Gasteiger partial charge is 0.493 e. The average Bonchev–Trinajstić information content (AvgIpc) is 2.81. The lowest BCUT2D eigenvalue weighted by molar-refractivity contribution is -0.128. The first kappa shape index (κ1) is 23.1. The van der Waals surface area contributed by atoms with Gasteiger partial charge in [-0.25, -0.2) is 0 Å². The molecule has 1 amide bonds. The van der Waals surface area contributed by atoms with Crippen molar-refractivity contribution in [2.45, 2.75) is 70.6 Å². The Bertz CT molecular complexity index is 829. The molecule has 168 valence electrons. The van der Waals surface area contributed by atoms with E-state index < -0.39 is 5.60 Å². The van der Waals surface area contributed by atoms with Crippen LogP contribution in [-0.4, -0.2) is 23.7 Å². The number of hydrogen-bond donors (Lipinski definition) is 2. The molecule has 0 heterocycles. The van der Waals surface area contributed by atoms with Crippen molar-refractivity contribution in [3.05, 3.63) is 59.7 Å². The maximum absolute atomic E-state index is 12.6. The predicted octanol–water partition coefficient (Wildman–Crippen LogP) is 5.00. The molecule has 0 aliphatic heterocycles. The summed E-state index contributed by atoms with van der Waals surface area (Å²) in [6, 6.07) is 15.7. The van der Waals surface area contributed by atoms with Gasteiger partial charge in [-0.05, 0) is 55.4 Å². The molecule has 5 heteroatoms. The number of hydrogen-bond acceptors (Lipinski definition) is 4. The number of rotatable bonds is 10. The normalized spacial score (nSPS) is 20.8. The number of carbonyl (C=O) groups excluding carboxylic acids is 1. The van der Waals surface area contributed by atoms with Crippen LogP contribution in [0, 0.1) is 5.92 Å². The summed E-state index contributed by atoms with van der Waals surface area (Å²) in [6.45, 7) is 3.06. The third-order valence-electron chi connectivity index (χ3n) is 6.21. The first-order valence-corrected chi connectivity index (χ1v) is 11.4. The Morgan fingerprint density at radius 3 is 2.52 bits per heavy atom. The van der Waals surface area contributed by atoms with E-state index in [0.717, 1.165) is 43.2 Å². The maximum atomic E-state index is 12.6. The first-order valence-electron chi connectivity index (χ1n) is 11.4. The Hall–Kier alpha value is -2.53. The van der Waals surface area contributed by atoms with Crippen LogP contribution >= 0.6 is 0 Å². The Kier molecular flexibility index (Phi) is 8.35. The van der Waals surface area contributed by atoms with E-state index in [2.05, 4.69) is 12.2 Å². The van der Waals surface area contributed by atoms with Gasteiger partial charge in [0.25, 0.3) is 0 Å². The van der Waals surface area contributed by atoms with E-state index in [0.29, 0.717) is 37.5 Å². The molecule has 0 saturated heterocycles. The molecule has 2 aromatic carbocycles. The zero-order valence-corrected chi connectivity index (χ0v) is 18.7. The van der Waals surface area contributed by atoms with Crippen LogP contribution in [0.5, 0.6) is 11.5 Å². The zero-order valence-electron chi connectivity index (χ0n) is 18.7. The van der Waals surface area contributed by atoms with Gasteiger partial charge in [0, 0.05) is 12.5 Å². The summed E-state index contributed by atoms with van der Waals surface area (Å²) in [5, 5.41) is 13.7. The van der Waals surface area contributed by atoms with E-state index in [-0.39, 0.29) is 11.8 Å². The van der Waals surface area contributed by atoms with Crippen LogP contribution in [-0.2, 0) is 17.9 Å². The molecule has 0 atom stereocenters. The summed E-state index contributed by atoms with van der Waals surface area (Å²) in [5.41, 5.74) is 1.48. The minimum Gasteiger partial charge on any atom is -0.493 e. The van der Waals surface area contributed by atoms with Gasteiger partial charge < -0.3 is 19.9 Å². The predicted molar refractivity (Wildman–Crippen MR) is 122 cm³/mol. The lowest BCUT2D eigenvalue weighted by Gasteiger charge is -2.35. The summed E-state index contributed by atoms with van der Waals surface area (Å²) in [4.78, 5) is 12.6. The second-order valence-electron chi connectivity index (χ2n) is 8.58. The molecule has 1 aliphatic carbocycles. The van der Waals surface area contributed by atoms with Crippen molar-refractivity contribution in [3.8, 4) is 11.5 Å². The lowest BCUT2D eigenvalue weighted by Crippen LogP contribution is -2.39. The standard InChI is InChI=1S/C26H35NO4/c1-3-4-14-26(29)15-12-22(13-16-26)25(28)27-18-21-10-11-23(24(17-21)30-2)31-19-20-8-6-5-7-9-20/h5-11,17,22,29H,3-4,12-16,18-19H2,1-2H3,(H,27,28). The van der Waals surface area contributed by atoms with Crippen molar-refractivity contribution in [2.75, 3.05) is 7.11 Å². The molecular formula is C26H35NO4. The molecule has 1 fully saturated rings. The minimum atomic E-state index is -0.574. The Labute approximate surface area is 185 Å². The van der Waals surface area contributed by atoms with Crippen LogP contribution in [0.3, 0.4) is 0 Å². The topological polar surface area (TPSA) is 67.8 Å². The third-order valence-corrected chi connectivity index (χ3v) is 6.21. The highest BCUT2D eigenvalue weighted by molar-refractivity contribution is 5.78. The monoisotopic (exact) mass is 425 g/mol. The van der Waals surface area contributed by atoms with Crippen molar-refractivity contribution in [2.24, 2.45) is 5.92 Å². The van der Waals surface area contributed by atoms with Gasteiger partial charge >= 0.3 is 0 Å². The number of ether oxygens (including phenoxy) is 2. The number of nitrogens with one attached hydrogen (secondary N) is 1. The van der Waals surface area contributed by atoms with Gasteiger partial charge in [-0.3, -0.25) is 4.79 Å². The molecule has 0 bridgehead atoms. The summed E-state index contributed by atoms with van der Waals surface area (Å²) in [6.07, 6.45) is 5.91. The molecule has 0 spiro atoms. The number of benzene rings is 2. The molecule has 5 nitrogen and oxygen atoms in total. The molecule has 1 aliphatic rings. The van der Waals surface area contributed by atoms with Gasteiger partial charge in [0.2, 0.25) is 5.91 Å². The highest BCUT2D eigenvalue weighted by Crippen LogP contribution is 2.35. The molecule has 3 rings (SSSR count). The molecule has 0 radical (unpaired) electrons. The van der Waals surface area contributed by atoms with E-state index in [1.54, 1.807) is 7.11 Å². The number of aliphatic hydroxyl groups is 1. The number of amides is 1. The van der Waals surface area contributed by atoms with Gasteiger partial charge in [0.15, 0.2) is 11.5 Å². The van der Waals surface area contributed by atoms with Crippen molar-refractivity contribution < 1.29 is 19.4 Å². The van der Waals surface area contributed by atoms with Crippen LogP contribution < -0.4 is 14.8 Å². The highest BCUT2D eigenvalue weighted by Gasteiger charge is 2.35. The van der Waals surface area contributed by atoms with Crippen molar-refractivity contribution in [1.29, 1.82) is 0 Å². The Morgan fingerprint density at radius 2 is 1.84 bits per heavy atom. The molecular weight excluding hydrogens is 390 g/mol. The molecule has 31 heavy (non-hydrogen) atoms. The van der Waals surface area contributed by atoms with Crippen molar-refractivity contribution >= 4 is 5.91 Å². The van der Waals surface area contributed by atoms with E-state index >= 15 is 0 Å². The average molecular weight is 426 g/mol. The van der Waals surface area contributed by atoms with Gasteiger partial charge in [-0.1, -0.05) is 56.2 Å². The van der Waals surface area contributed by atoms with Crippen LogP contribution in [0.4, 0.5) is 0 Å². The number of unbranched alkanes of at least 4 members (excludes halogenated alkanes) is 1. The van der Waals surface area contributed by atoms with Gasteiger partial charge in [-0.15, -0.1) is 0 Å². The quantitative estimate of drug-likeness (QED) is 0.562. The first-order chi connectivity index (χ1) is 15.0. The van der Waals surface area contributed by atoms with Crippen LogP contribution in [0.15, 0.2) is 48.5 Å². The molecule has 0 unspecified atom stereocenters. The summed E-state index contributed by atoms with van der Waals surface area (Å²) < 4.78 is 11.4. The fourth-order valence-corrected chi connectivity index (χ4v) is 4.18. The Balaban J connectivity index is 1.49. The lowest BCUT2D eigenvalue weighted by atomic mass is 9.76. The van der Waals surface area contributed by atoms with Gasteiger partial charge in [0.05, 0.1) is 12.7 Å². The summed E-state index contributed by atoms with van der Waals surface area (Å²) in [7, 11) is 1.62. The number of methoxy groups -OCH3 is 1. The van der Waals surface area contributed by atoms with Gasteiger partial charge in [0.1, 0.15) is 6.61 Å². The van der Waals surface area contributed by atoms with E-state index in [9.17, 15) is 9.90 Å². The minimum absolute atomic E-state index is 0.0164.